The quantitative estimate of drug-likeness (QED) is 0.725. The molecule has 2 N–H and O–H groups in total. The maximum Gasteiger partial charge on any atom is 0.269 e. The molecule has 1 atom stereocenters. The predicted molar refractivity (Wildman–Crippen MR) is 97.8 cm³/mol. The van der Waals surface area contributed by atoms with Crippen LogP contribution in [0.2, 0.25) is 5.02 Å². The lowest BCUT2D eigenvalue weighted by Gasteiger charge is -2.24. The van der Waals surface area contributed by atoms with Crippen molar-refractivity contribution in [2.24, 2.45) is 0 Å². The maximum absolute atomic E-state index is 12.5. The molecule has 3 amide bonds. The van der Waals surface area contributed by atoms with E-state index in [1.165, 1.54) is 9.91 Å². The highest BCUT2D eigenvalue weighted by Gasteiger charge is 2.43. The summed E-state index contributed by atoms with van der Waals surface area (Å²) in [5.41, 5.74) is 2.99. The predicted octanol–water partition coefficient (Wildman–Crippen LogP) is 1.33. The molecule has 0 spiro atoms. The molecule has 25 heavy (non-hydrogen) atoms. The molecule has 0 bridgehead atoms. The van der Waals surface area contributed by atoms with Gasteiger partial charge in [0.05, 0.1) is 6.42 Å². The first kappa shape index (κ1) is 19.1. The van der Waals surface area contributed by atoms with Crippen molar-refractivity contribution in [3.63, 3.8) is 0 Å². The third-order valence-corrected chi connectivity index (χ3v) is 4.37. The van der Waals surface area contributed by atoms with E-state index in [1.807, 2.05) is 0 Å². The SMILES string of the molecule is CCNC(=O)C[C@@H]1C(=O)N(CC)C(=S)N1NC(=O)c1ccc(Cl)cc1. The normalized spacial score (nSPS) is 17.0. The van der Waals surface area contributed by atoms with Crippen LogP contribution < -0.4 is 10.7 Å². The van der Waals surface area contributed by atoms with Gasteiger partial charge < -0.3 is 5.32 Å². The lowest BCUT2D eigenvalue weighted by atomic mass is 10.2. The lowest BCUT2D eigenvalue weighted by Crippen LogP contribution is -2.50. The first-order chi connectivity index (χ1) is 11.9. The van der Waals surface area contributed by atoms with Gasteiger partial charge in [0.1, 0.15) is 6.04 Å². The van der Waals surface area contributed by atoms with Gasteiger partial charge in [0.2, 0.25) is 5.91 Å². The van der Waals surface area contributed by atoms with Gasteiger partial charge in [-0.1, -0.05) is 11.6 Å². The van der Waals surface area contributed by atoms with Crippen molar-refractivity contribution in [2.75, 3.05) is 13.1 Å². The fraction of sp³-hybridized carbons (Fsp3) is 0.375. The zero-order valence-corrected chi connectivity index (χ0v) is 15.5. The topological polar surface area (TPSA) is 81.8 Å². The molecule has 0 saturated carbocycles. The number of hydrogen-bond donors (Lipinski definition) is 2. The van der Waals surface area contributed by atoms with Crippen LogP contribution in [-0.2, 0) is 9.59 Å². The minimum atomic E-state index is -0.866. The van der Waals surface area contributed by atoms with E-state index in [2.05, 4.69) is 10.7 Å². The number of nitrogens with one attached hydrogen (secondary N) is 2. The molecule has 1 aliphatic heterocycles. The van der Waals surface area contributed by atoms with Crippen molar-refractivity contribution < 1.29 is 14.4 Å². The number of hydrogen-bond acceptors (Lipinski definition) is 4. The van der Waals surface area contributed by atoms with E-state index >= 15 is 0 Å². The smallest absolute Gasteiger partial charge is 0.269 e. The van der Waals surface area contributed by atoms with Crippen LogP contribution in [0.1, 0.15) is 30.6 Å². The molecule has 9 heteroatoms. The summed E-state index contributed by atoms with van der Waals surface area (Å²) in [5, 5.41) is 4.61. The highest BCUT2D eigenvalue weighted by Crippen LogP contribution is 2.19. The van der Waals surface area contributed by atoms with Gasteiger partial charge in [-0.15, -0.1) is 0 Å². The zero-order chi connectivity index (χ0) is 18.6. The van der Waals surface area contributed by atoms with E-state index in [1.54, 1.807) is 38.1 Å². The van der Waals surface area contributed by atoms with E-state index in [0.717, 1.165) is 0 Å². The fourth-order valence-electron chi connectivity index (χ4n) is 2.46. The van der Waals surface area contributed by atoms with Crippen LogP contribution in [0.15, 0.2) is 24.3 Å². The Balaban J connectivity index is 2.19. The standard InChI is InChI=1S/C16H19ClN4O3S/c1-3-18-13(22)9-12-15(24)20(4-2)16(25)21(12)19-14(23)10-5-7-11(17)8-6-10/h5-8,12H,3-4,9H2,1-2H3,(H,18,22)(H,19,23)/t12-/m1/s1. The Morgan fingerprint density at radius 1 is 1.24 bits per heavy atom. The molecule has 1 aromatic carbocycles. The summed E-state index contributed by atoms with van der Waals surface area (Å²) in [5.74, 6) is -1.03. The first-order valence-corrected chi connectivity index (χ1v) is 8.65. The highest BCUT2D eigenvalue weighted by molar-refractivity contribution is 7.80. The Kier molecular flexibility index (Phi) is 6.33. The van der Waals surface area contributed by atoms with Crippen molar-refractivity contribution in [1.82, 2.24) is 20.7 Å². The van der Waals surface area contributed by atoms with Gasteiger partial charge in [0, 0.05) is 23.7 Å². The number of hydrazine groups is 1. The second kappa shape index (κ2) is 8.26. The lowest BCUT2D eigenvalue weighted by molar-refractivity contribution is -0.132. The summed E-state index contributed by atoms with van der Waals surface area (Å²) in [6.45, 7) is 4.38. The van der Waals surface area contributed by atoms with Gasteiger partial charge in [-0.25, -0.2) is 5.01 Å². The van der Waals surface area contributed by atoms with E-state index in [-0.39, 0.29) is 23.3 Å². The minimum Gasteiger partial charge on any atom is -0.356 e. The average Bonchev–Trinajstić information content (AvgIpc) is 2.79. The van der Waals surface area contributed by atoms with Crippen molar-refractivity contribution >= 4 is 46.7 Å². The number of nitrogens with zero attached hydrogens (tertiary/aromatic N) is 2. The van der Waals surface area contributed by atoms with Crippen LogP contribution in [0.5, 0.6) is 0 Å². The summed E-state index contributed by atoms with van der Waals surface area (Å²) in [4.78, 5) is 38.2. The summed E-state index contributed by atoms with van der Waals surface area (Å²) < 4.78 is 0. The maximum atomic E-state index is 12.5. The number of rotatable bonds is 6. The van der Waals surface area contributed by atoms with E-state index in [4.69, 9.17) is 23.8 Å². The molecule has 0 unspecified atom stereocenters. The Hall–Kier alpha value is -2.19. The number of halogens is 1. The number of thiocarbonyl (C=S) groups is 1. The molecule has 1 heterocycles. The second-order valence-corrected chi connectivity index (χ2v) is 6.16. The summed E-state index contributed by atoms with van der Waals surface area (Å²) >= 11 is 11.1. The first-order valence-electron chi connectivity index (χ1n) is 7.86. The fourth-order valence-corrected chi connectivity index (χ4v) is 2.98. The van der Waals surface area contributed by atoms with Gasteiger partial charge in [-0.3, -0.25) is 24.7 Å². The van der Waals surface area contributed by atoms with Crippen LogP contribution in [-0.4, -0.2) is 51.9 Å². The summed E-state index contributed by atoms with van der Waals surface area (Å²) in [6.07, 6.45) is -0.0930. The van der Waals surface area contributed by atoms with Crippen LogP contribution >= 0.6 is 23.8 Å². The second-order valence-electron chi connectivity index (χ2n) is 5.36. The molecule has 0 aromatic heterocycles. The molecule has 0 aliphatic carbocycles. The number of amides is 3. The molecule has 1 saturated heterocycles. The molecular weight excluding hydrogens is 364 g/mol. The van der Waals surface area contributed by atoms with Crippen LogP contribution in [0, 0.1) is 0 Å². The molecule has 1 aliphatic rings. The van der Waals surface area contributed by atoms with Crippen LogP contribution in [0.25, 0.3) is 0 Å². The third-order valence-electron chi connectivity index (χ3n) is 3.70. The molecule has 1 aromatic rings. The molecule has 134 valence electrons. The Morgan fingerprint density at radius 3 is 2.44 bits per heavy atom. The van der Waals surface area contributed by atoms with Crippen molar-refractivity contribution in [3.05, 3.63) is 34.9 Å². The number of carbonyl (C=O) groups is 3. The van der Waals surface area contributed by atoms with Gasteiger partial charge in [0.15, 0.2) is 5.11 Å². The number of likely N-dealkylation sites (N-methyl/N-ethyl adjacent to an activating group) is 1. The van der Waals surface area contributed by atoms with Gasteiger partial charge in [-0.05, 0) is 50.3 Å². The Bertz CT molecular complexity index is 695. The zero-order valence-electron chi connectivity index (χ0n) is 13.9. The minimum absolute atomic E-state index is 0.0930. The molecule has 7 nitrogen and oxygen atoms in total. The summed E-state index contributed by atoms with van der Waals surface area (Å²) in [6, 6.07) is 5.45. The summed E-state index contributed by atoms with van der Waals surface area (Å²) in [7, 11) is 0. The van der Waals surface area contributed by atoms with Crippen molar-refractivity contribution in [3.8, 4) is 0 Å². The average molecular weight is 383 g/mol. The van der Waals surface area contributed by atoms with Gasteiger partial charge in [0.25, 0.3) is 11.8 Å². The Morgan fingerprint density at radius 2 is 1.88 bits per heavy atom. The third kappa shape index (κ3) is 4.26. The van der Waals surface area contributed by atoms with Gasteiger partial charge in [-0.2, -0.15) is 0 Å². The largest absolute Gasteiger partial charge is 0.356 e. The van der Waals surface area contributed by atoms with E-state index in [9.17, 15) is 14.4 Å². The molecule has 2 rings (SSSR count). The van der Waals surface area contributed by atoms with E-state index < -0.39 is 11.9 Å². The molecular formula is C16H19ClN4O3S. The van der Waals surface area contributed by atoms with Crippen LogP contribution in [0.3, 0.4) is 0 Å². The van der Waals surface area contributed by atoms with Crippen molar-refractivity contribution in [2.45, 2.75) is 26.3 Å². The number of carbonyl (C=O) groups excluding carboxylic acids is 3. The van der Waals surface area contributed by atoms with Crippen LogP contribution in [0.4, 0.5) is 0 Å². The molecule has 1 fully saturated rings. The molecule has 0 radical (unpaired) electrons. The van der Waals surface area contributed by atoms with Gasteiger partial charge >= 0.3 is 0 Å². The Labute approximate surface area is 156 Å². The monoisotopic (exact) mass is 382 g/mol. The van der Waals surface area contributed by atoms with Crippen molar-refractivity contribution in [1.29, 1.82) is 0 Å². The van der Waals surface area contributed by atoms with E-state index in [0.29, 0.717) is 23.7 Å². The highest BCUT2D eigenvalue weighted by atomic mass is 35.5. The number of benzene rings is 1.